The molecule has 204 valence electrons. The van der Waals surface area contributed by atoms with Crippen LogP contribution in [-0.2, 0) is 38.1 Å². The molecule has 35 heavy (non-hydrogen) atoms. The fraction of sp³-hybridized carbons (Fsp3) is 0.826. The second-order valence-corrected chi connectivity index (χ2v) is 8.50. The molecule has 0 aliphatic carbocycles. The van der Waals surface area contributed by atoms with Gasteiger partial charge in [0.15, 0.2) is 0 Å². The Balaban J connectivity index is 3.86. The number of carboxylic acids is 1. The van der Waals surface area contributed by atoms with E-state index in [2.05, 4.69) is 16.0 Å². The molecule has 0 fully saturated rings. The van der Waals surface area contributed by atoms with Gasteiger partial charge in [-0.25, -0.2) is 0 Å². The third-order valence-electron chi connectivity index (χ3n) is 4.65. The molecule has 0 bridgehead atoms. The summed E-state index contributed by atoms with van der Waals surface area (Å²) >= 11 is 0. The molecule has 0 aliphatic heterocycles. The molecule has 0 heterocycles. The largest absolute Gasteiger partial charge is 0.481 e. The Morgan fingerprint density at radius 1 is 0.657 bits per heavy atom. The molecule has 0 saturated carbocycles. The van der Waals surface area contributed by atoms with Gasteiger partial charge in [-0.15, -0.1) is 0 Å². The lowest BCUT2D eigenvalue weighted by Crippen LogP contribution is -2.55. The van der Waals surface area contributed by atoms with E-state index in [1.54, 1.807) is 20.8 Å². The van der Waals surface area contributed by atoms with Crippen LogP contribution in [0.2, 0.25) is 0 Å². The SMILES string of the molecule is CC(C)C(=O)N[C@H](C)C(=O)NC(C(=O)NCCOCCOCCOCCOCCC(=O)O)C(C)C. The van der Waals surface area contributed by atoms with Crippen LogP contribution in [0.15, 0.2) is 0 Å². The number of carboxylic acid groups (broad SMARTS) is 1. The van der Waals surface area contributed by atoms with E-state index in [4.69, 9.17) is 24.1 Å². The summed E-state index contributed by atoms with van der Waals surface area (Å²) in [5.74, 6) is -2.25. The van der Waals surface area contributed by atoms with E-state index in [0.29, 0.717) is 46.2 Å². The molecule has 3 amide bonds. The van der Waals surface area contributed by atoms with Gasteiger partial charge in [-0.05, 0) is 12.8 Å². The number of carbonyl (C=O) groups excluding carboxylic acids is 3. The summed E-state index contributed by atoms with van der Waals surface area (Å²) in [6, 6.07) is -1.48. The zero-order chi connectivity index (χ0) is 26.6. The highest BCUT2D eigenvalue weighted by Crippen LogP contribution is 2.03. The standard InChI is InChI=1S/C23H43N3O9/c1-16(2)20(26-22(30)18(5)25-21(29)17(3)4)23(31)24-7-9-33-11-13-35-15-14-34-12-10-32-8-6-19(27)28/h16-18,20H,6-15H2,1-5H3,(H,24,31)(H,25,29)(H,26,30)(H,27,28)/t18-,20?/m1/s1. The van der Waals surface area contributed by atoms with Gasteiger partial charge in [0.25, 0.3) is 0 Å². The van der Waals surface area contributed by atoms with Crippen LogP contribution < -0.4 is 16.0 Å². The van der Waals surface area contributed by atoms with Crippen LogP contribution in [-0.4, -0.2) is 100 Å². The van der Waals surface area contributed by atoms with Gasteiger partial charge in [0, 0.05) is 12.5 Å². The number of carbonyl (C=O) groups is 4. The molecule has 0 rings (SSSR count). The first-order valence-corrected chi connectivity index (χ1v) is 12.0. The highest BCUT2D eigenvalue weighted by atomic mass is 16.6. The van der Waals surface area contributed by atoms with E-state index in [1.807, 2.05) is 13.8 Å². The number of hydrogen-bond donors (Lipinski definition) is 4. The molecular formula is C23H43N3O9. The Morgan fingerprint density at radius 2 is 1.14 bits per heavy atom. The molecule has 0 saturated heterocycles. The summed E-state index contributed by atoms with van der Waals surface area (Å²) in [4.78, 5) is 46.9. The van der Waals surface area contributed by atoms with Crippen LogP contribution in [0.25, 0.3) is 0 Å². The number of rotatable bonds is 21. The molecule has 12 heteroatoms. The number of ether oxygens (including phenoxy) is 4. The summed E-state index contributed by atoms with van der Waals surface area (Å²) in [5.41, 5.74) is 0. The first-order valence-electron chi connectivity index (χ1n) is 12.0. The minimum atomic E-state index is -0.896. The van der Waals surface area contributed by atoms with Crippen LogP contribution in [0.1, 0.15) is 41.0 Å². The molecule has 0 aromatic carbocycles. The van der Waals surface area contributed by atoms with Crippen molar-refractivity contribution in [3.8, 4) is 0 Å². The maximum absolute atomic E-state index is 12.5. The molecule has 2 atom stereocenters. The van der Waals surface area contributed by atoms with E-state index in [-0.39, 0.29) is 43.2 Å². The number of hydrogen-bond acceptors (Lipinski definition) is 8. The Kier molecular flexibility index (Phi) is 18.7. The minimum absolute atomic E-state index is 0.0274. The lowest BCUT2D eigenvalue weighted by molar-refractivity contribution is -0.138. The molecule has 4 N–H and O–H groups in total. The molecular weight excluding hydrogens is 462 g/mol. The van der Waals surface area contributed by atoms with Crippen LogP contribution >= 0.6 is 0 Å². The van der Waals surface area contributed by atoms with Crippen molar-refractivity contribution in [2.75, 3.05) is 59.4 Å². The fourth-order valence-electron chi connectivity index (χ4n) is 2.54. The Hall–Kier alpha value is -2.28. The average Bonchev–Trinajstić information content (AvgIpc) is 2.78. The zero-order valence-corrected chi connectivity index (χ0v) is 21.6. The monoisotopic (exact) mass is 505 g/mol. The van der Waals surface area contributed by atoms with Crippen molar-refractivity contribution < 1.29 is 43.2 Å². The van der Waals surface area contributed by atoms with Gasteiger partial charge in [0.2, 0.25) is 17.7 Å². The van der Waals surface area contributed by atoms with Crippen molar-refractivity contribution in [3.63, 3.8) is 0 Å². The van der Waals surface area contributed by atoms with E-state index < -0.39 is 24.0 Å². The van der Waals surface area contributed by atoms with E-state index in [0.717, 1.165) is 0 Å². The molecule has 1 unspecified atom stereocenters. The maximum Gasteiger partial charge on any atom is 0.305 e. The summed E-state index contributed by atoms with van der Waals surface area (Å²) < 4.78 is 21.2. The maximum atomic E-state index is 12.5. The minimum Gasteiger partial charge on any atom is -0.481 e. The van der Waals surface area contributed by atoms with Gasteiger partial charge in [-0.2, -0.15) is 0 Å². The van der Waals surface area contributed by atoms with E-state index in [1.165, 1.54) is 0 Å². The predicted octanol–water partition coefficient (Wildman–Crippen LogP) is -0.0548. The Labute approximate surface area is 207 Å². The first kappa shape index (κ1) is 32.7. The smallest absolute Gasteiger partial charge is 0.305 e. The summed E-state index contributed by atoms with van der Waals surface area (Å²) in [5, 5.41) is 16.5. The Morgan fingerprint density at radius 3 is 1.60 bits per heavy atom. The molecule has 0 aromatic rings. The van der Waals surface area contributed by atoms with Crippen LogP contribution in [0.4, 0.5) is 0 Å². The fourth-order valence-corrected chi connectivity index (χ4v) is 2.54. The number of amides is 3. The van der Waals surface area contributed by atoms with Gasteiger partial charge in [-0.3, -0.25) is 19.2 Å². The van der Waals surface area contributed by atoms with Gasteiger partial charge >= 0.3 is 5.97 Å². The average molecular weight is 506 g/mol. The third kappa shape index (κ3) is 17.8. The van der Waals surface area contributed by atoms with Gasteiger partial charge in [0.1, 0.15) is 12.1 Å². The molecule has 0 radical (unpaired) electrons. The lowest BCUT2D eigenvalue weighted by Gasteiger charge is -2.24. The van der Waals surface area contributed by atoms with Crippen molar-refractivity contribution in [2.24, 2.45) is 11.8 Å². The van der Waals surface area contributed by atoms with Crippen molar-refractivity contribution in [3.05, 3.63) is 0 Å². The third-order valence-corrected chi connectivity index (χ3v) is 4.65. The first-order chi connectivity index (χ1) is 16.6. The molecule has 12 nitrogen and oxygen atoms in total. The van der Waals surface area contributed by atoms with E-state index in [9.17, 15) is 19.2 Å². The van der Waals surface area contributed by atoms with Crippen LogP contribution in [0.5, 0.6) is 0 Å². The summed E-state index contributed by atoms with van der Waals surface area (Å²) in [6.45, 7) is 11.6. The predicted molar refractivity (Wildman–Crippen MR) is 128 cm³/mol. The topological polar surface area (TPSA) is 162 Å². The number of aliphatic carboxylic acids is 1. The molecule has 0 aromatic heterocycles. The summed E-state index contributed by atoms with van der Waals surface area (Å²) in [7, 11) is 0. The quantitative estimate of drug-likeness (QED) is 0.157. The summed E-state index contributed by atoms with van der Waals surface area (Å²) in [6.07, 6.45) is -0.0274. The Bertz CT molecular complexity index is 629. The van der Waals surface area contributed by atoms with Crippen LogP contribution in [0, 0.1) is 11.8 Å². The normalized spacial score (nSPS) is 12.9. The molecule has 0 aliphatic rings. The lowest BCUT2D eigenvalue weighted by atomic mass is 10.0. The second-order valence-electron chi connectivity index (χ2n) is 8.50. The second kappa shape index (κ2) is 20.0. The van der Waals surface area contributed by atoms with Crippen LogP contribution in [0.3, 0.4) is 0 Å². The van der Waals surface area contributed by atoms with E-state index >= 15 is 0 Å². The van der Waals surface area contributed by atoms with Gasteiger partial charge in [0.05, 0.1) is 59.3 Å². The highest BCUT2D eigenvalue weighted by molar-refractivity contribution is 5.92. The zero-order valence-electron chi connectivity index (χ0n) is 21.6. The number of nitrogens with one attached hydrogen (secondary N) is 3. The molecule has 0 spiro atoms. The van der Waals surface area contributed by atoms with Crippen molar-refractivity contribution in [2.45, 2.75) is 53.1 Å². The van der Waals surface area contributed by atoms with Crippen molar-refractivity contribution >= 4 is 23.7 Å². The van der Waals surface area contributed by atoms with Gasteiger partial charge in [-0.1, -0.05) is 27.7 Å². The highest BCUT2D eigenvalue weighted by Gasteiger charge is 2.26. The van der Waals surface area contributed by atoms with Crippen molar-refractivity contribution in [1.29, 1.82) is 0 Å². The van der Waals surface area contributed by atoms with Crippen molar-refractivity contribution in [1.82, 2.24) is 16.0 Å². The van der Waals surface area contributed by atoms with Gasteiger partial charge < -0.3 is 40.0 Å².